The van der Waals surface area contributed by atoms with Gasteiger partial charge >= 0.3 is 0 Å². The molecule has 168 valence electrons. The molecule has 0 atom stereocenters. The molecule has 0 aliphatic carbocycles. The summed E-state index contributed by atoms with van der Waals surface area (Å²) in [5, 5.41) is 12.9. The predicted molar refractivity (Wildman–Crippen MR) is 140 cm³/mol. The lowest BCUT2D eigenvalue weighted by Gasteiger charge is -2.14. The van der Waals surface area contributed by atoms with E-state index in [1.54, 1.807) is 38.3 Å². The number of methoxy groups -OCH3 is 1. The summed E-state index contributed by atoms with van der Waals surface area (Å²) in [5.74, 6) is 0.605. The Labute approximate surface area is 212 Å². The number of carbonyl (C=O) groups is 1. The van der Waals surface area contributed by atoms with E-state index in [0.717, 1.165) is 14.7 Å². The summed E-state index contributed by atoms with van der Waals surface area (Å²) in [7, 11) is 1.55. The average Bonchev–Trinajstić information content (AvgIpc) is 2.80. The molecule has 0 fully saturated rings. The van der Waals surface area contributed by atoms with Crippen molar-refractivity contribution >= 4 is 51.9 Å². The molecule has 0 saturated carbocycles. The van der Waals surface area contributed by atoms with Crippen LogP contribution in [0, 0.1) is 28.7 Å². The van der Waals surface area contributed by atoms with Crippen LogP contribution >= 0.6 is 34.2 Å². The number of benzene rings is 3. The maximum Gasteiger partial charge on any atom is 0.266 e. The average molecular weight is 573 g/mol. The van der Waals surface area contributed by atoms with Gasteiger partial charge in [0.05, 0.1) is 10.7 Å². The highest BCUT2D eigenvalue weighted by Gasteiger charge is 2.15. The first-order valence-corrected chi connectivity index (χ1v) is 11.5. The third kappa shape index (κ3) is 6.28. The van der Waals surface area contributed by atoms with Gasteiger partial charge < -0.3 is 14.8 Å². The Bertz CT molecular complexity index is 1250. The molecule has 7 heteroatoms. The van der Waals surface area contributed by atoms with Gasteiger partial charge in [0.2, 0.25) is 0 Å². The zero-order chi connectivity index (χ0) is 24.0. The van der Waals surface area contributed by atoms with Gasteiger partial charge in [-0.15, -0.1) is 0 Å². The number of amides is 1. The summed E-state index contributed by atoms with van der Waals surface area (Å²) < 4.78 is 12.3. The number of nitriles is 1. The highest BCUT2D eigenvalue weighted by Crippen LogP contribution is 2.35. The van der Waals surface area contributed by atoms with Crippen LogP contribution in [0.2, 0.25) is 5.02 Å². The summed E-state index contributed by atoms with van der Waals surface area (Å²) in [6, 6.07) is 18.9. The monoisotopic (exact) mass is 572 g/mol. The number of anilines is 1. The third-order valence-corrected chi connectivity index (χ3v) is 6.16. The largest absolute Gasteiger partial charge is 0.493 e. The molecule has 0 unspecified atom stereocenters. The van der Waals surface area contributed by atoms with E-state index in [4.69, 9.17) is 21.1 Å². The molecule has 1 N–H and O–H groups in total. The third-order valence-electron chi connectivity index (χ3n) is 4.95. The number of rotatable bonds is 7. The zero-order valence-electron chi connectivity index (χ0n) is 18.4. The van der Waals surface area contributed by atoms with E-state index in [0.29, 0.717) is 34.4 Å². The lowest BCUT2D eigenvalue weighted by Crippen LogP contribution is -2.14. The second kappa shape index (κ2) is 11.2. The number of nitrogens with zero attached hydrogens (tertiary/aromatic N) is 1. The van der Waals surface area contributed by atoms with Crippen molar-refractivity contribution in [1.82, 2.24) is 0 Å². The molecule has 0 aliphatic rings. The molecule has 0 spiro atoms. The van der Waals surface area contributed by atoms with Crippen LogP contribution in [0.15, 0.2) is 60.2 Å². The number of aryl methyl sites for hydroxylation is 1. The Morgan fingerprint density at radius 2 is 1.91 bits per heavy atom. The van der Waals surface area contributed by atoms with Crippen LogP contribution < -0.4 is 14.8 Å². The Morgan fingerprint density at radius 3 is 2.58 bits per heavy atom. The minimum atomic E-state index is -0.517. The fourth-order valence-electron chi connectivity index (χ4n) is 3.05. The molecule has 0 bridgehead atoms. The van der Waals surface area contributed by atoms with Crippen molar-refractivity contribution < 1.29 is 14.3 Å². The van der Waals surface area contributed by atoms with Crippen molar-refractivity contribution in [3.63, 3.8) is 0 Å². The molecule has 0 aromatic heterocycles. The first kappa shape index (κ1) is 24.6. The van der Waals surface area contributed by atoms with E-state index in [1.165, 1.54) is 11.6 Å². The summed E-state index contributed by atoms with van der Waals surface area (Å²) in [5.41, 5.74) is 4.12. The predicted octanol–water partition coefficient (Wildman–Crippen LogP) is 6.69. The van der Waals surface area contributed by atoms with Crippen molar-refractivity contribution in [3.05, 3.63) is 91.0 Å². The minimum absolute atomic E-state index is 0.0412. The molecule has 1 amide bonds. The second-order valence-electron chi connectivity index (χ2n) is 7.34. The Hall–Kier alpha value is -3.02. The fraction of sp³-hybridized carbons (Fsp3) is 0.154. The summed E-state index contributed by atoms with van der Waals surface area (Å²) in [6.45, 7) is 4.23. The topological polar surface area (TPSA) is 71.3 Å². The molecule has 0 aliphatic heterocycles. The number of ether oxygens (including phenoxy) is 2. The molecule has 3 aromatic carbocycles. The van der Waals surface area contributed by atoms with Crippen LogP contribution in [-0.2, 0) is 11.4 Å². The summed E-state index contributed by atoms with van der Waals surface area (Å²) >= 11 is 8.27. The summed E-state index contributed by atoms with van der Waals surface area (Å²) in [4.78, 5) is 12.7. The molecule has 3 aromatic rings. The second-order valence-corrected chi connectivity index (χ2v) is 8.91. The molecule has 5 nitrogen and oxygen atoms in total. The number of hydrogen-bond donors (Lipinski definition) is 1. The molecule has 0 radical (unpaired) electrons. The lowest BCUT2D eigenvalue weighted by molar-refractivity contribution is -0.112. The van der Waals surface area contributed by atoms with E-state index < -0.39 is 5.91 Å². The van der Waals surface area contributed by atoms with Crippen molar-refractivity contribution in [2.24, 2.45) is 0 Å². The van der Waals surface area contributed by atoms with Crippen LogP contribution in [0.3, 0.4) is 0 Å². The molecule has 33 heavy (non-hydrogen) atoms. The molecule has 0 saturated heterocycles. The summed E-state index contributed by atoms with van der Waals surface area (Å²) in [6.07, 6.45) is 1.52. The Morgan fingerprint density at radius 1 is 1.18 bits per heavy atom. The van der Waals surface area contributed by atoms with Crippen LogP contribution in [0.5, 0.6) is 11.5 Å². The van der Waals surface area contributed by atoms with Gasteiger partial charge in [-0.1, -0.05) is 47.5 Å². The van der Waals surface area contributed by atoms with Crippen LogP contribution in [0.25, 0.3) is 6.08 Å². The Kier molecular flexibility index (Phi) is 8.37. The normalized spacial score (nSPS) is 11.0. The van der Waals surface area contributed by atoms with E-state index in [-0.39, 0.29) is 5.57 Å². The standard InChI is InChI=1S/C26H22ClIN2O3/c1-16-7-9-18(10-8-16)15-33-25-22(28)12-19(13-24(25)32-3)11-20(14-29)26(31)30-23-6-4-5-21(27)17(23)2/h4-13H,15H2,1-3H3,(H,30,31)/b20-11-. The van der Waals surface area contributed by atoms with Crippen molar-refractivity contribution in [2.75, 3.05) is 12.4 Å². The van der Waals surface area contributed by atoms with E-state index in [2.05, 4.69) is 27.9 Å². The number of halogens is 2. The van der Waals surface area contributed by atoms with Gasteiger partial charge in [-0.05, 0) is 83.5 Å². The first-order valence-electron chi connectivity index (χ1n) is 10.1. The maximum atomic E-state index is 12.7. The van der Waals surface area contributed by atoms with Crippen molar-refractivity contribution in [3.8, 4) is 17.6 Å². The number of nitrogens with one attached hydrogen (secondary N) is 1. The SMILES string of the molecule is COc1cc(/C=C(/C#N)C(=O)Nc2cccc(Cl)c2C)cc(I)c1OCc1ccc(C)cc1. The minimum Gasteiger partial charge on any atom is -0.493 e. The lowest BCUT2D eigenvalue weighted by atomic mass is 10.1. The van der Waals surface area contributed by atoms with Gasteiger partial charge in [0, 0.05) is 10.7 Å². The van der Waals surface area contributed by atoms with Gasteiger partial charge in [0.15, 0.2) is 11.5 Å². The zero-order valence-corrected chi connectivity index (χ0v) is 21.3. The maximum absolute atomic E-state index is 12.7. The smallest absolute Gasteiger partial charge is 0.266 e. The molecule has 3 rings (SSSR count). The highest BCUT2D eigenvalue weighted by atomic mass is 127. The number of hydrogen-bond acceptors (Lipinski definition) is 4. The molecular formula is C26H22ClIN2O3. The van der Waals surface area contributed by atoms with Crippen molar-refractivity contribution in [1.29, 1.82) is 5.26 Å². The first-order chi connectivity index (χ1) is 15.8. The van der Waals surface area contributed by atoms with Crippen molar-refractivity contribution in [2.45, 2.75) is 20.5 Å². The fourth-order valence-corrected chi connectivity index (χ4v) is 4.01. The molecule has 0 heterocycles. The van der Waals surface area contributed by atoms with Crippen LogP contribution in [0.1, 0.15) is 22.3 Å². The van der Waals surface area contributed by atoms with E-state index in [9.17, 15) is 10.1 Å². The highest BCUT2D eigenvalue weighted by molar-refractivity contribution is 14.1. The van der Waals surface area contributed by atoms with E-state index in [1.807, 2.05) is 43.3 Å². The van der Waals surface area contributed by atoms with Crippen LogP contribution in [0.4, 0.5) is 5.69 Å². The van der Waals surface area contributed by atoms with Gasteiger partial charge in [-0.25, -0.2) is 0 Å². The van der Waals surface area contributed by atoms with Crippen LogP contribution in [-0.4, -0.2) is 13.0 Å². The quantitative estimate of drug-likeness (QED) is 0.194. The molecular weight excluding hydrogens is 551 g/mol. The van der Waals surface area contributed by atoms with Gasteiger partial charge in [0.1, 0.15) is 18.2 Å². The van der Waals surface area contributed by atoms with Gasteiger partial charge in [-0.2, -0.15) is 5.26 Å². The Balaban J connectivity index is 1.83. The van der Waals surface area contributed by atoms with Gasteiger partial charge in [0.25, 0.3) is 5.91 Å². The van der Waals surface area contributed by atoms with E-state index >= 15 is 0 Å². The van der Waals surface area contributed by atoms with Gasteiger partial charge in [-0.3, -0.25) is 4.79 Å². The number of carbonyl (C=O) groups excluding carboxylic acids is 1.